The lowest BCUT2D eigenvalue weighted by molar-refractivity contribution is -0.869. The molecule has 0 bridgehead atoms. The van der Waals surface area contributed by atoms with Crippen LogP contribution in [0.1, 0.15) is 48.1 Å². The van der Waals surface area contributed by atoms with Crippen molar-refractivity contribution in [1.29, 1.82) is 0 Å². The zero-order valence-electron chi connectivity index (χ0n) is 27.1. The average molecular weight is 764 g/mol. The Balaban J connectivity index is 0.00000500. The minimum atomic E-state index is -0.824. The molecule has 3 atom stereocenters. The summed E-state index contributed by atoms with van der Waals surface area (Å²) in [5.74, 6) is -1.35. The Bertz CT molecular complexity index is 1480. The van der Waals surface area contributed by atoms with Gasteiger partial charge in [-0.3, -0.25) is 9.59 Å². The molecule has 47 heavy (non-hydrogen) atoms. The molecule has 2 aliphatic heterocycles. The van der Waals surface area contributed by atoms with Crippen LogP contribution in [0, 0.1) is 17.6 Å². The van der Waals surface area contributed by atoms with Gasteiger partial charge in [-0.05, 0) is 78.8 Å². The summed E-state index contributed by atoms with van der Waals surface area (Å²) in [4.78, 5) is 27.4. The van der Waals surface area contributed by atoms with Gasteiger partial charge >= 0.3 is 0 Å². The van der Waals surface area contributed by atoms with Crippen molar-refractivity contribution >= 4 is 17.5 Å². The third-order valence-electron chi connectivity index (χ3n) is 8.86. The normalized spacial score (nSPS) is 19.3. The predicted molar refractivity (Wildman–Crippen MR) is 171 cm³/mol. The van der Waals surface area contributed by atoms with Gasteiger partial charge in [0.25, 0.3) is 0 Å². The number of carbonyl (C=O) groups excluding carboxylic acids is 2. The van der Waals surface area contributed by atoms with Crippen molar-refractivity contribution in [3.63, 3.8) is 0 Å². The zero-order valence-corrected chi connectivity index (χ0v) is 29.3. The molecule has 254 valence electrons. The molecule has 2 heterocycles. The number of halogens is 3. The minimum absolute atomic E-state index is 0. The zero-order chi connectivity index (χ0) is 32.9. The molecule has 3 aromatic carbocycles. The summed E-state index contributed by atoms with van der Waals surface area (Å²) in [6, 6.07) is 19.4. The van der Waals surface area contributed by atoms with Crippen LogP contribution in [-0.2, 0) is 25.5 Å². The highest BCUT2D eigenvalue weighted by Gasteiger charge is 2.48. The van der Waals surface area contributed by atoms with Crippen molar-refractivity contribution in [1.82, 2.24) is 5.32 Å². The summed E-state index contributed by atoms with van der Waals surface area (Å²) in [6.07, 6.45) is 1.38. The van der Waals surface area contributed by atoms with Crippen molar-refractivity contribution in [2.75, 3.05) is 59.0 Å². The Hall–Kier alpha value is -2.97. The van der Waals surface area contributed by atoms with E-state index in [9.17, 15) is 23.5 Å². The smallest absolute Gasteiger partial charge is 0.246 e. The number of aryl methyl sites for hydroxylation is 1. The van der Waals surface area contributed by atoms with E-state index in [4.69, 9.17) is 9.47 Å². The number of quaternary nitrogens is 1. The van der Waals surface area contributed by atoms with Crippen molar-refractivity contribution < 1.29 is 61.4 Å². The highest BCUT2D eigenvalue weighted by atomic mass is 127. The van der Waals surface area contributed by atoms with Gasteiger partial charge in [0.2, 0.25) is 11.8 Å². The molecule has 2 amide bonds. The Morgan fingerprint density at radius 3 is 2.21 bits per heavy atom. The van der Waals surface area contributed by atoms with Crippen LogP contribution in [-0.4, -0.2) is 81.1 Å². The monoisotopic (exact) mass is 763 g/mol. The van der Waals surface area contributed by atoms with E-state index in [1.165, 1.54) is 24.3 Å². The van der Waals surface area contributed by atoms with E-state index >= 15 is 0 Å². The lowest BCUT2D eigenvalue weighted by Gasteiger charge is -2.48. The second-order valence-electron chi connectivity index (χ2n) is 13.5. The largest absolute Gasteiger partial charge is 1.00 e. The minimum Gasteiger partial charge on any atom is -1.00 e. The molecule has 2 fully saturated rings. The van der Waals surface area contributed by atoms with Crippen LogP contribution < -0.4 is 34.2 Å². The fourth-order valence-corrected chi connectivity index (χ4v) is 5.97. The fourth-order valence-electron chi connectivity index (χ4n) is 5.97. The lowest BCUT2D eigenvalue weighted by Crippen LogP contribution is -3.00. The summed E-state index contributed by atoms with van der Waals surface area (Å²) in [5, 5.41) is 13.6. The van der Waals surface area contributed by atoms with Gasteiger partial charge in [0, 0.05) is 5.69 Å². The highest BCUT2D eigenvalue weighted by Crippen LogP contribution is 2.46. The summed E-state index contributed by atoms with van der Waals surface area (Å²) in [6.45, 7) is 2.29. The molecule has 0 spiro atoms. The van der Waals surface area contributed by atoms with Crippen LogP contribution in [0.3, 0.4) is 0 Å². The molecule has 0 radical (unpaired) electrons. The summed E-state index contributed by atoms with van der Waals surface area (Å²) in [7, 11) is 6.22. The maximum atomic E-state index is 13.7. The molecule has 0 saturated carbocycles. The number of benzene rings is 3. The predicted octanol–water partition coefficient (Wildman–Crippen LogP) is 1.73. The Kier molecular flexibility index (Phi) is 12.5. The molecule has 3 aromatic rings. The van der Waals surface area contributed by atoms with Gasteiger partial charge in [-0.25, -0.2) is 8.78 Å². The number of hydrogen-bond donors (Lipinski definition) is 2. The number of aliphatic hydroxyl groups excluding tert-OH is 1. The molecule has 5 rings (SSSR count). The number of nitrogens with one attached hydrogen (secondary N) is 1. The number of anilines is 1. The second-order valence-corrected chi connectivity index (χ2v) is 13.5. The number of nitrogens with zero attached hydrogens (tertiary/aromatic N) is 2. The number of ether oxygens (including phenoxy) is 2. The summed E-state index contributed by atoms with van der Waals surface area (Å²) >= 11 is 0. The van der Waals surface area contributed by atoms with Gasteiger partial charge in [-0.1, -0.05) is 36.4 Å². The van der Waals surface area contributed by atoms with E-state index in [1.807, 2.05) is 24.3 Å². The van der Waals surface area contributed by atoms with E-state index in [1.54, 1.807) is 29.2 Å². The third-order valence-corrected chi connectivity index (χ3v) is 8.86. The Labute approximate surface area is 292 Å². The van der Waals surface area contributed by atoms with Crippen LogP contribution in [0.15, 0.2) is 72.8 Å². The van der Waals surface area contributed by atoms with Crippen LogP contribution in [0.2, 0.25) is 0 Å². The van der Waals surface area contributed by atoms with Crippen LogP contribution in [0.4, 0.5) is 14.5 Å². The average Bonchev–Trinajstić information content (AvgIpc) is 3.00. The first-order chi connectivity index (χ1) is 21.9. The molecular formula is C36H44F2IN3O5. The van der Waals surface area contributed by atoms with Crippen LogP contribution >= 0.6 is 0 Å². The van der Waals surface area contributed by atoms with Crippen molar-refractivity contribution in [3.05, 3.63) is 101 Å². The number of aliphatic hydroxyl groups is 1. The topological polar surface area (TPSA) is 88.1 Å². The van der Waals surface area contributed by atoms with Gasteiger partial charge in [-0.2, -0.15) is 0 Å². The molecular weight excluding hydrogens is 719 g/mol. The highest BCUT2D eigenvalue weighted by molar-refractivity contribution is 6.03. The van der Waals surface area contributed by atoms with Crippen molar-refractivity contribution in [3.8, 4) is 0 Å². The van der Waals surface area contributed by atoms with Gasteiger partial charge in [0.05, 0.1) is 65.5 Å². The summed E-state index contributed by atoms with van der Waals surface area (Å²) < 4.78 is 39.3. The van der Waals surface area contributed by atoms with Gasteiger partial charge < -0.3 is 53.3 Å². The van der Waals surface area contributed by atoms with Crippen LogP contribution in [0.25, 0.3) is 0 Å². The first-order valence-electron chi connectivity index (χ1n) is 15.8. The maximum absolute atomic E-state index is 13.7. The molecule has 2 N–H and O–H groups in total. The standard InChI is InChI=1S/C36H43F2N3O5.HI/c1-41(2,3)21-20-39-33(43)22-46-36(23-45-24-36)19-18-25-4-6-27(7-5-25)34-31(16-17-32(42)26-8-10-28(37)11-9-26)35(44)40(34)30-14-12-29(38)13-15-30;/h4-15,31-32,34,42H,16-24H2,1-3H3;1H/t31-,32+,34-;/m1./s1. The molecule has 0 aromatic heterocycles. The Morgan fingerprint density at radius 2 is 1.64 bits per heavy atom. The van der Waals surface area contributed by atoms with E-state index < -0.39 is 11.7 Å². The number of rotatable bonds is 15. The Morgan fingerprint density at radius 1 is 1.02 bits per heavy atom. The first kappa shape index (κ1) is 36.9. The van der Waals surface area contributed by atoms with Crippen LogP contribution in [0.5, 0.6) is 0 Å². The number of amides is 2. The molecule has 11 heteroatoms. The molecule has 2 aliphatic rings. The van der Waals surface area contributed by atoms with Gasteiger partial charge in [0.15, 0.2) is 0 Å². The SMILES string of the molecule is C[N+](C)(C)CCNC(=O)COC1(CCc2ccc([C@@H]3[C@@H](CC[C@H](O)c4ccc(F)cc4)C(=O)N3c3ccc(F)cc3)cc2)COC1.[I-]. The fraction of sp³-hybridized carbons (Fsp3) is 0.444. The van der Waals surface area contributed by atoms with E-state index in [0.29, 0.717) is 50.3 Å². The van der Waals surface area contributed by atoms with E-state index in [2.05, 4.69) is 26.5 Å². The van der Waals surface area contributed by atoms with Gasteiger partial charge in [0.1, 0.15) is 23.8 Å². The number of β-lactam (4-membered cyclic amide) rings is 1. The molecule has 2 saturated heterocycles. The second kappa shape index (κ2) is 16.0. The third kappa shape index (κ3) is 9.56. The van der Waals surface area contributed by atoms with E-state index in [0.717, 1.165) is 28.6 Å². The summed E-state index contributed by atoms with van der Waals surface area (Å²) in [5.41, 5.74) is 2.75. The quantitative estimate of drug-likeness (QED) is 0.140. The van der Waals surface area contributed by atoms with Crippen molar-refractivity contribution in [2.45, 2.75) is 43.4 Å². The van der Waals surface area contributed by atoms with E-state index in [-0.39, 0.29) is 66.0 Å². The molecule has 0 aliphatic carbocycles. The number of hydrogen-bond acceptors (Lipinski definition) is 5. The lowest BCUT2D eigenvalue weighted by atomic mass is 9.78. The number of carbonyl (C=O) groups is 2. The number of likely N-dealkylation sites (N-methyl/N-ethyl adjacent to an activating group) is 1. The first-order valence-corrected chi connectivity index (χ1v) is 15.8. The molecule has 0 unspecified atom stereocenters. The maximum Gasteiger partial charge on any atom is 0.246 e. The molecule has 8 nitrogen and oxygen atoms in total. The van der Waals surface area contributed by atoms with Crippen molar-refractivity contribution in [2.24, 2.45) is 5.92 Å². The van der Waals surface area contributed by atoms with Gasteiger partial charge in [-0.15, -0.1) is 0 Å².